The molecular formula is C16H32N2. The number of hydrogen-bond acceptors (Lipinski definition) is 2. The fraction of sp³-hybridized carbons (Fsp3) is 1.00. The molecule has 2 nitrogen and oxygen atoms in total. The summed E-state index contributed by atoms with van der Waals surface area (Å²) < 4.78 is 0. The van der Waals surface area contributed by atoms with Gasteiger partial charge in [-0.1, -0.05) is 26.7 Å². The highest BCUT2D eigenvalue weighted by atomic mass is 15.2. The highest BCUT2D eigenvalue weighted by molar-refractivity contribution is 4.91. The molecule has 1 saturated heterocycles. The van der Waals surface area contributed by atoms with E-state index >= 15 is 0 Å². The van der Waals surface area contributed by atoms with Crippen molar-refractivity contribution in [3.8, 4) is 0 Å². The Morgan fingerprint density at radius 1 is 1.28 bits per heavy atom. The van der Waals surface area contributed by atoms with E-state index in [1.807, 2.05) is 0 Å². The summed E-state index contributed by atoms with van der Waals surface area (Å²) in [7, 11) is 2.26. The standard InChI is InChI=1S/C16H32N2/c1-13(2)10-16(7-5-6-8-16)12-17-15-9-14(3)18(4)11-15/h13-15,17H,5-12H2,1-4H3. The molecule has 1 aliphatic heterocycles. The van der Waals surface area contributed by atoms with Crippen molar-refractivity contribution in [2.45, 2.75) is 71.4 Å². The van der Waals surface area contributed by atoms with Crippen LogP contribution in [0.3, 0.4) is 0 Å². The number of hydrogen-bond donors (Lipinski definition) is 1. The third-order valence-corrected chi connectivity index (χ3v) is 5.16. The van der Waals surface area contributed by atoms with Crippen LogP contribution in [0.4, 0.5) is 0 Å². The molecule has 18 heavy (non-hydrogen) atoms. The van der Waals surface area contributed by atoms with E-state index in [4.69, 9.17) is 0 Å². The summed E-state index contributed by atoms with van der Waals surface area (Å²) in [6.45, 7) is 9.60. The van der Waals surface area contributed by atoms with Crippen molar-refractivity contribution in [2.75, 3.05) is 20.1 Å². The van der Waals surface area contributed by atoms with E-state index in [2.05, 4.69) is 38.0 Å². The van der Waals surface area contributed by atoms with Gasteiger partial charge in [-0.15, -0.1) is 0 Å². The number of likely N-dealkylation sites (N-methyl/N-ethyl adjacent to an activating group) is 1. The second-order valence-corrected chi connectivity index (χ2v) is 7.41. The first kappa shape index (κ1) is 14.3. The summed E-state index contributed by atoms with van der Waals surface area (Å²) in [5.74, 6) is 0.843. The van der Waals surface area contributed by atoms with Crippen molar-refractivity contribution in [1.82, 2.24) is 10.2 Å². The molecule has 2 heteroatoms. The van der Waals surface area contributed by atoms with Gasteiger partial charge in [-0.2, -0.15) is 0 Å². The molecule has 2 unspecified atom stereocenters. The Morgan fingerprint density at radius 3 is 2.44 bits per heavy atom. The van der Waals surface area contributed by atoms with E-state index in [0.29, 0.717) is 5.41 Å². The number of rotatable bonds is 5. The van der Waals surface area contributed by atoms with Gasteiger partial charge in [0.1, 0.15) is 0 Å². The van der Waals surface area contributed by atoms with Crippen LogP contribution in [0.15, 0.2) is 0 Å². The molecule has 0 bridgehead atoms. The lowest BCUT2D eigenvalue weighted by Gasteiger charge is -2.32. The fourth-order valence-electron chi connectivity index (χ4n) is 4.15. The Balaban J connectivity index is 1.83. The molecule has 0 amide bonds. The lowest BCUT2D eigenvalue weighted by molar-refractivity contribution is 0.215. The summed E-state index contributed by atoms with van der Waals surface area (Å²) in [5.41, 5.74) is 0.624. The maximum absolute atomic E-state index is 3.89. The second kappa shape index (κ2) is 5.92. The van der Waals surface area contributed by atoms with Crippen LogP contribution in [-0.2, 0) is 0 Å². The van der Waals surface area contributed by atoms with E-state index in [1.54, 1.807) is 0 Å². The molecule has 1 aliphatic carbocycles. The molecule has 106 valence electrons. The van der Waals surface area contributed by atoms with Crippen molar-refractivity contribution < 1.29 is 0 Å². The van der Waals surface area contributed by atoms with Crippen LogP contribution in [0.5, 0.6) is 0 Å². The summed E-state index contributed by atoms with van der Waals surface area (Å²) in [6.07, 6.45) is 8.56. The normalized spacial score (nSPS) is 32.5. The third kappa shape index (κ3) is 3.48. The van der Waals surface area contributed by atoms with Gasteiger partial charge in [-0.05, 0) is 51.0 Å². The van der Waals surface area contributed by atoms with Gasteiger partial charge in [-0.3, -0.25) is 0 Å². The van der Waals surface area contributed by atoms with Crippen molar-refractivity contribution in [2.24, 2.45) is 11.3 Å². The molecule has 2 aliphatic rings. The maximum Gasteiger partial charge on any atom is 0.0210 e. The molecule has 0 aromatic heterocycles. The molecule has 0 aromatic carbocycles. The van der Waals surface area contributed by atoms with Crippen LogP contribution >= 0.6 is 0 Å². The van der Waals surface area contributed by atoms with E-state index in [-0.39, 0.29) is 0 Å². The van der Waals surface area contributed by atoms with Crippen LogP contribution in [0, 0.1) is 11.3 Å². The highest BCUT2D eigenvalue weighted by Gasteiger charge is 2.35. The lowest BCUT2D eigenvalue weighted by Crippen LogP contribution is -2.40. The average Bonchev–Trinajstić information content (AvgIpc) is 2.85. The van der Waals surface area contributed by atoms with Crippen LogP contribution in [0.25, 0.3) is 0 Å². The first-order valence-corrected chi connectivity index (χ1v) is 7.94. The molecule has 2 fully saturated rings. The monoisotopic (exact) mass is 252 g/mol. The van der Waals surface area contributed by atoms with Crippen molar-refractivity contribution >= 4 is 0 Å². The van der Waals surface area contributed by atoms with Gasteiger partial charge >= 0.3 is 0 Å². The zero-order valence-electron chi connectivity index (χ0n) is 12.8. The molecule has 0 radical (unpaired) electrons. The van der Waals surface area contributed by atoms with Crippen molar-refractivity contribution in [1.29, 1.82) is 0 Å². The van der Waals surface area contributed by atoms with Gasteiger partial charge < -0.3 is 10.2 Å². The zero-order chi connectivity index (χ0) is 13.2. The third-order valence-electron chi connectivity index (χ3n) is 5.16. The molecule has 2 rings (SSSR count). The number of nitrogens with one attached hydrogen (secondary N) is 1. The molecule has 0 spiro atoms. The van der Waals surface area contributed by atoms with E-state index in [1.165, 1.54) is 51.6 Å². The van der Waals surface area contributed by atoms with Crippen molar-refractivity contribution in [3.63, 3.8) is 0 Å². The van der Waals surface area contributed by atoms with Gasteiger partial charge in [0.15, 0.2) is 0 Å². The van der Waals surface area contributed by atoms with E-state index in [0.717, 1.165) is 18.0 Å². The topological polar surface area (TPSA) is 15.3 Å². The lowest BCUT2D eigenvalue weighted by atomic mass is 9.78. The Bertz CT molecular complexity index is 246. The highest BCUT2D eigenvalue weighted by Crippen LogP contribution is 2.42. The Morgan fingerprint density at radius 2 is 1.94 bits per heavy atom. The minimum absolute atomic E-state index is 0.624. The number of nitrogens with zero attached hydrogens (tertiary/aromatic N) is 1. The largest absolute Gasteiger partial charge is 0.312 e. The average molecular weight is 252 g/mol. The molecular weight excluding hydrogens is 220 g/mol. The van der Waals surface area contributed by atoms with Gasteiger partial charge in [-0.25, -0.2) is 0 Å². The smallest absolute Gasteiger partial charge is 0.0210 e. The Labute approximate surface area is 114 Å². The fourth-order valence-corrected chi connectivity index (χ4v) is 4.15. The minimum atomic E-state index is 0.624. The first-order valence-electron chi connectivity index (χ1n) is 7.94. The van der Waals surface area contributed by atoms with Gasteiger partial charge in [0.2, 0.25) is 0 Å². The predicted octanol–water partition coefficient (Wildman–Crippen LogP) is 3.28. The molecule has 0 aromatic rings. The molecule has 2 atom stereocenters. The number of likely N-dealkylation sites (tertiary alicyclic amines) is 1. The van der Waals surface area contributed by atoms with Crippen LogP contribution in [-0.4, -0.2) is 37.1 Å². The Hall–Kier alpha value is -0.0800. The molecule has 1 heterocycles. The first-order chi connectivity index (χ1) is 8.51. The quantitative estimate of drug-likeness (QED) is 0.808. The van der Waals surface area contributed by atoms with E-state index < -0.39 is 0 Å². The summed E-state index contributed by atoms with van der Waals surface area (Å²) in [6, 6.07) is 1.49. The zero-order valence-corrected chi connectivity index (χ0v) is 12.8. The summed E-state index contributed by atoms with van der Waals surface area (Å²) in [4.78, 5) is 2.49. The summed E-state index contributed by atoms with van der Waals surface area (Å²) >= 11 is 0. The molecule has 1 saturated carbocycles. The predicted molar refractivity (Wildman–Crippen MR) is 78.9 cm³/mol. The van der Waals surface area contributed by atoms with Gasteiger partial charge in [0.25, 0.3) is 0 Å². The minimum Gasteiger partial charge on any atom is -0.312 e. The van der Waals surface area contributed by atoms with Crippen LogP contribution in [0.2, 0.25) is 0 Å². The SMILES string of the molecule is CC(C)CC1(CNC2CC(C)N(C)C2)CCCC1. The Kier molecular flexibility index (Phi) is 4.71. The van der Waals surface area contributed by atoms with Crippen LogP contribution < -0.4 is 5.32 Å². The van der Waals surface area contributed by atoms with E-state index in [9.17, 15) is 0 Å². The van der Waals surface area contributed by atoms with Gasteiger partial charge in [0.05, 0.1) is 0 Å². The van der Waals surface area contributed by atoms with Gasteiger partial charge in [0, 0.05) is 25.2 Å². The van der Waals surface area contributed by atoms with Crippen LogP contribution in [0.1, 0.15) is 59.3 Å². The second-order valence-electron chi connectivity index (χ2n) is 7.41. The van der Waals surface area contributed by atoms with Crippen molar-refractivity contribution in [3.05, 3.63) is 0 Å². The molecule has 1 N–H and O–H groups in total. The maximum atomic E-state index is 3.89. The summed E-state index contributed by atoms with van der Waals surface area (Å²) in [5, 5.41) is 3.89.